The van der Waals surface area contributed by atoms with Crippen LogP contribution in [0.4, 0.5) is 8.78 Å². The molecule has 19 heavy (non-hydrogen) atoms. The molecule has 0 aliphatic carbocycles. The van der Waals surface area contributed by atoms with Crippen LogP contribution in [0.5, 0.6) is 0 Å². The zero-order valence-corrected chi connectivity index (χ0v) is 11.7. The van der Waals surface area contributed by atoms with E-state index < -0.39 is 11.6 Å². The molecule has 0 aromatic heterocycles. The number of benzene rings is 1. The largest absolute Gasteiger partial charge is 0.381 e. The Bertz CT molecular complexity index is 351. The fourth-order valence-electron chi connectivity index (χ4n) is 1.87. The maximum atomic E-state index is 13.5. The molecular formula is C15H23F2NO. The Hall–Kier alpha value is -1.00. The molecule has 1 atom stereocenters. The number of unbranched alkanes of at least 4 members (excludes halogenated alkanes) is 1. The molecule has 0 fully saturated rings. The van der Waals surface area contributed by atoms with E-state index >= 15 is 0 Å². The second-order valence-electron chi connectivity index (χ2n) is 4.63. The normalized spacial score (nSPS) is 12.6. The van der Waals surface area contributed by atoms with Gasteiger partial charge in [-0.1, -0.05) is 19.4 Å². The first kappa shape index (κ1) is 16.1. The number of ether oxygens (including phenoxy) is 1. The van der Waals surface area contributed by atoms with Crippen LogP contribution >= 0.6 is 0 Å². The van der Waals surface area contributed by atoms with Crippen molar-refractivity contribution in [1.82, 2.24) is 5.32 Å². The van der Waals surface area contributed by atoms with Gasteiger partial charge >= 0.3 is 0 Å². The van der Waals surface area contributed by atoms with Crippen LogP contribution in [0.1, 0.15) is 44.7 Å². The highest BCUT2D eigenvalue weighted by molar-refractivity contribution is 5.22. The van der Waals surface area contributed by atoms with Crippen molar-refractivity contribution in [3.63, 3.8) is 0 Å². The predicted octanol–water partition coefficient (Wildman–Crippen LogP) is 3.82. The zero-order chi connectivity index (χ0) is 14.1. The Morgan fingerprint density at radius 1 is 1.16 bits per heavy atom. The van der Waals surface area contributed by atoms with E-state index in [0.717, 1.165) is 25.9 Å². The highest BCUT2D eigenvalue weighted by Crippen LogP contribution is 2.19. The third kappa shape index (κ3) is 5.66. The van der Waals surface area contributed by atoms with Crippen LogP contribution in [0.25, 0.3) is 0 Å². The van der Waals surface area contributed by atoms with Gasteiger partial charge in [-0.05, 0) is 38.4 Å². The number of rotatable bonds is 9. The van der Waals surface area contributed by atoms with Crippen LogP contribution < -0.4 is 5.32 Å². The molecule has 0 bridgehead atoms. The first-order chi connectivity index (χ1) is 9.16. The highest BCUT2D eigenvalue weighted by Gasteiger charge is 2.14. The molecule has 0 saturated carbocycles. The van der Waals surface area contributed by atoms with Gasteiger partial charge in [-0.25, -0.2) is 8.78 Å². The lowest BCUT2D eigenvalue weighted by Crippen LogP contribution is -2.22. The second-order valence-corrected chi connectivity index (χ2v) is 4.63. The topological polar surface area (TPSA) is 21.3 Å². The van der Waals surface area contributed by atoms with Crippen molar-refractivity contribution in [3.8, 4) is 0 Å². The van der Waals surface area contributed by atoms with Crippen molar-refractivity contribution in [3.05, 3.63) is 35.4 Å². The smallest absolute Gasteiger partial charge is 0.130 e. The monoisotopic (exact) mass is 271 g/mol. The van der Waals surface area contributed by atoms with Crippen LogP contribution in [0.3, 0.4) is 0 Å². The second kappa shape index (κ2) is 8.99. The molecule has 108 valence electrons. The average Bonchev–Trinajstić information content (AvgIpc) is 2.37. The van der Waals surface area contributed by atoms with E-state index in [4.69, 9.17) is 4.74 Å². The molecule has 1 N–H and O–H groups in total. The minimum Gasteiger partial charge on any atom is -0.381 e. The summed E-state index contributed by atoms with van der Waals surface area (Å²) in [5.74, 6) is -1.00. The maximum Gasteiger partial charge on any atom is 0.130 e. The fraction of sp³-hybridized carbons (Fsp3) is 0.600. The molecule has 0 saturated heterocycles. The summed E-state index contributed by atoms with van der Waals surface area (Å²) in [6.07, 6.45) is 3.04. The van der Waals surface area contributed by atoms with Crippen molar-refractivity contribution in [2.24, 2.45) is 0 Å². The molecule has 0 spiro atoms. The standard InChI is InChI=1S/C15H23F2NO/c1-3-4-10-19-11-6-9-18-12(2)15-13(16)7-5-8-14(15)17/h5,7-8,12,18H,3-4,6,9-11H2,1-2H3. The highest BCUT2D eigenvalue weighted by atomic mass is 19.1. The molecule has 1 aromatic rings. The number of nitrogens with one attached hydrogen (secondary N) is 1. The van der Waals surface area contributed by atoms with Crippen LogP contribution in [-0.2, 0) is 4.74 Å². The van der Waals surface area contributed by atoms with E-state index in [1.54, 1.807) is 6.92 Å². The Balaban J connectivity index is 2.26. The van der Waals surface area contributed by atoms with E-state index in [-0.39, 0.29) is 11.6 Å². The van der Waals surface area contributed by atoms with Crippen LogP contribution in [-0.4, -0.2) is 19.8 Å². The SMILES string of the molecule is CCCCOCCCNC(C)c1c(F)cccc1F. The van der Waals surface area contributed by atoms with E-state index in [1.165, 1.54) is 18.2 Å². The van der Waals surface area contributed by atoms with Gasteiger partial charge in [-0.2, -0.15) is 0 Å². The number of hydrogen-bond donors (Lipinski definition) is 1. The molecule has 0 amide bonds. The molecule has 1 aromatic carbocycles. The van der Waals surface area contributed by atoms with Gasteiger partial charge in [0.15, 0.2) is 0 Å². The quantitative estimate of drug-likeness (QED) is 0.689. The summed E-state index contributed by atoms with van der Waals surface area (Å²) in [6.45, 7) is 6.03. The summed E-state index contributed by atoms with van der Waals surface area (Å²) in [5.41, 5.74) is 0.106. The first-order valence-electron chi connectivity index (χ1n) is 6.91. The lowest BCUT2D eigenvalue weighted by Gasteiger charge is -2.15. The van der Waals surface area contributed by atoms with Gasteiger partial charge in [0.2, 0.25) is 0 Å². The van der Waals surface area contributed by atoms with Crippen molar-refractivity contribution >= 4 is 0 Å². The lowest BCUT2D eigenvalue weighted by atomic mass is 10.1. The van der Waals surface area contributed by atoms with Crippen LogP contribution in [0.2, 0.25) is 0 Å². The minimum atomic E-state index is -0.501. The van der Waals surface area contributed by atoms with Crippen LogP contribution in [0.15, 0.2) is 18.2 Å². The molecule has 0 heterocycles. The van der Waals surface area contributed by atoms with Gasteiger partial charge < -0.3 is 10.1 Å². The maximum absolute atomic E-state index is 13.5. The van der Waals surface area contributed by atoms with E-state index in [0.29, 0.717) is 13.2 Å². The number of halogens is 2. The van der Waals surface area contributed by atoms with Gasteiger partial charge in [-0.15, -0.1) is 0 Å². The van der Waals surface area contributed by atoms with Crippen molar-refractivity contribution in [2.45, 2.75) is 39.2 Å². The predicted molar refractivity (Wildman–Crippen MR) is 73.1 cm³/mol. The van der Waals surface area contributed by atoms with E-state index in [1.807, 2.05) is 0 Å². The van der Waals surface area contributed by atoms with Gasteiger partial charge in [0.05, 0.1) is 0 Å². The summed E-state index contributed by atoms with van der Waals surface area (Å²) in [5, 5.41) is 3.11. The first-order valence-corrected chi connectivity index (χ1v) is 6.91. The zero-order valence-electron chi connectivity index (χ0n) is 11.7. The summed E-state index contributed by atoms with van der Waals surface area (Å²) in [6, 6.07) is 3.61. The molecular weight excluding hydrogens is 248 g/mol. The van der Waals surface area contributed by atoms with E-state index in [9.17, 15) is 8.78 Å². The van der Waals surface area contributed by atoms with Gasteiger partial charge in [0.25, 0.3) is 0 Å². The molecule has 1 unspecified atom stereocenters. The third-order valence-corrected chi connectivity index (χ3v) is 2.99. The third-order valence-electron chi connectivity index (χ3n) is 2.99. The van der Waals surface area contributed by atoms with Crippen molar-refractivity contribution in [2.75, 3.05) is 19.8 Å². The lowest BCUT2D eigenvalue weighted by molar-refractivity contribution is 0.128. The fourth-order valence-corrected chi connectivity index (χ4v) is 1.87. The average molecular weight is 271 g/mol. The summed E-state index contributed by atoms with van der Waals surface area (Å²) in [7, 11) is 0. The Morgan fingerprint density at radius 3 is 2.42 bits per heavy atom. The molecule has 4 heteroatoms. The Kier molecular flexibility index (Phi) is 7.60. The summed E-state index contributed by atoms with van der Waals surface area (Å²) in [4.78, 5) is 0. The Labute approximate surface area is 114 Å². The summed E-state index contributed by atoms with van der Waals surface area (Å²) < 4.78 is 32.4. The molecule has 0 aliphatic heterocycles. The molecule has 0 radical (unpaired) electrons. The molecule has 2 nitrogen and oxygen atoms in total. The van der Waals surface area contributed by atoms with Crippen molar-refractivity contribution < 1.29 is 13.5 Å². The van der Waals surface area contributed by atoms with Crippen molar-refractivity contribution in [1.29, 1.82) is 0 Å². The molecule has 1 rings (SSSR count). The number of hydrogen-bond acceptors (Lipinski definition) is 2. The van der Waals surface area contributed by atoms with Gasteiger partial charge in [-0.3, -0.25) is 0 Å². The minimum absolute atomic E-state index is 0.106. The van der Waals surface area contributed by atoms with Gasteiger partial charge in [0.1, 0.15) is 11.6 Å². The van der Waals surface area contributed by atoms with E-state index in [2.05, 4.69) is 12.2 Å². The molecule has 0 aliphatic rings. The summed E-state index contributed by atoms with van der Waals surface area (Å²) >= 11 is 0. The Morgan fingerprint density at radius 2 is 1.79 bits per heavy atom. The van der Waals surface area contributed by atoms with Gasteiger partial charge in [0, 0.05) is 24.8 Å². The van der Waals surface area contributed by atoms with Crippen LogP contribution in [0, 0.1) is 11.6 Å².